The average molecular weight is 197 g/mol. The molecule has 2 fully saturated rings. The smallest absolute Gasteiger partial charge is 0.0732 e. The molecule has 14 heavy (non-hydrogen) atoms. The van der Waals surface area contributed by atoms with Gasteiger partial charge in [-0.05, 0) is 45.6 Å². The van der Waals surface area contributed by atoms with Crippen LogP contribution in [0.2, 0.25) is 0 Å². The molecule has 1 N–H and O–H groups in total. The van der Waals surface area contributed by atoms with Gasteiger partial charge in [0.1, 0.15) is 0 Å². The molecular weight excluding hydrogens is 174 g/mol. The van der Waals surface area contributed by atoms with Gasteiger partial charge in [0, 0.05) is 6.04 Å². The molecule has 0 radical (unpaired) electrons. The van der Waals surface area contributed by atoms with Crippen molar-refractivity contribution in [3.05, 3.63) is 0 Å². The van der Waals surface area contributed by atoms with Crippen LogP contribution in [0.4, 0.5) is 0 Å². The fraction of sp³-hybridized carbons (Fsp3) is 1.00. The maximum atomic E-state index is 5.90. The lowest BCUT2D eigenvalue weighted by atomic mass is 10.0. The van der Waals surface area contributed by atoms with Crippen molar-refractivity contribution in [1.29, 1.82) is 0 Å². The topological polar surface area (TPSA) is 21.3 Å². The fourth-order valence-corrected chi connectivity index (χ4v) is 2.47. The van der Waals surface area contributed by atoms with Crippen LogP contribution in [0.1, 0.15) is 45.4 Å². The van der Waals surface area contributed by atoms with Crippen molar-refractivity contribution >= 4 is 0 Å². The highest BCUT2D eigenvalue weighted by atomic mass is 16.5. The lowest BCUT2D eigenvalue weighted by molar-refractivity contribution is 0.0310. The molecule has 3 unspecified atom stereocenters. The Morgan fingerprint density at radius 3 is 2.57 bits per heavy atom. The second kappa shape index (κ2) is 4.63. The molecule has 0 aromatic heterocycles. The maximum absolute atomic E-state index is 5.90. The third-order valence-corrected chi connectivity index (χ3v) is 3.67. The minimum absolute atomic E-state index is 0.480. The summed E-state index contributed by atoms with van der Waals surface area (Å²) in [5, 5.41) is 3.42. The van der Waals surface area contributed by atoms with E-state index in [4.69, 9.17) is 4.74 Å². The molecule has 1 heterocycles. The molecule has 0 amide bonds. The average Bonchev–Trinajstić information content (AvgIpc) is 2.90. The summed E-state index contributed by atoms with van der Waals surface area (Å²) in [7, 11) is 2.07. The molecule has 82 valence electrons. The predicted molar refractivity (Wildman–Crippen MR) is 58.4 cm³/mol. The van der Waals surface area contributed by atoms with Crippen molar-refractivity contribution < 1.29 is 4.74 Å². The maximum Gasteiger partial charge on any atom is 0.0732 e. The van der Waals surface area contributed by atoms with Crippen molar-refractivity contribution in [2.45, 2.75) is 63.7 Å². The molecule has 2 heteroatoms. The van der Waals surface area contributed by atoms with E-state index in [0.29, 0.717) is 18.2 Å². The molecule has 2 rings (SSSR count). The standard InChI is InChI=1S/C12H23NO/c1-9-3-8-12(14-9)11(13-2)7-6-10-4-5-10/h9-13H,3-8H2,1-2H3. The van der Waals surface area contributed by atoms with Crippen LogP contribution < -0.4 is 5.32 Å². The van der Waals surface area contributed by atoms with E-state index in [-0.39, 0.29) is 0 Å². The molecule has 0 aromatic carbocycles. The van der Waals surface area contributed by atoms with Gasteiger partial charge in [0.15, 0.2) is 0 Å². The summed E-state index contributed by atoms with van der Waals surface area (Å²) in [6.45, 7) is 2.19. The largest absolute Gasteiger partial charge is 0.374 e. The highest BCUT2D eigenvalue weighted by Crippen LogP contribution is 2.35. The molecule has 1 aliphatic carbocycles. The van der Waals surface area contributed by atoms with Crippen molar-refractivity contribution in [1.82, 2.24) is 5.32 Å². The van der Waals surface area contributed by atoms with Gasteiger partial charge in [-0.3, -0.25) is 0 Å². The number of ether oxygens (including phenoxy) is 1. The summed E-state index contributed by atoms with van der Waals surface area (Å²) < 4.78 is 5.90. The van der Waals surface area contributed by atoms with Gasteiger partial charge in [-0.15, -0.1) is 0 Å². The molecule has 2 nitrogen and oxygen atoms in total. The van der Waals surface area contributed by atoms with Crippen molar-refractivity contribution in [2.24, 2.45) is 5.92 Å². The van der Waals surface area contributed by atoms with Gasteiger partial charge < -0.3 is 10.1 Å². The van der Waals surface area contributed by atoms with E-state index >= 15 is 0 Å². The Hall–Kier alpha value is -0.0800. The highest BCUT2D eigenvalue weighted by molar-refractivity contribution is 4.84. The number of nitrogens with one attached hydrogen (secondary N) is 1. The van der Waals surface area contributed by atoms with Gasteiger partial charge >= 0.3 is 0 Å². The highest BCUT2D eigenvalue weighted by Gasteiger charge is 2.30. The first-order chi connectivity index (χ1) is 6.79. The zero-order valence-electron chi connectivity index (χ0n) is 9.46. The first-order valence-electron chi connectivity index (χ1n) is 6.12. The quantitative estimate of drug-likeness (QED) is 0.730. The Labute approximate surface area is 87.4 Å². The lowest BCUT2D eigenvalue weighted by Gasteiger charge is -2.23. The predicted octanol–water partition coefficient (Wildman–Crippen LogP) is 2.33. The summed E-state index contributed by atoms with van der Waals surface area (Å²) in [6.07, 6.45) is 9.10. The number of hydrogen-bond acceptors (Lipinski definition) is 2. The first-order valence-corrected chi connectivity index (χ1v) is 6.12. The zero-order valence-corrected chi connectivity index (χ0v) is 9.46. The molecule has 0 aromatic rings. The van der Waals surface area contributed by atoms with Gasteiger partial charge in [-0.1, -0.05) is 12.8 Å². The molecule has 1 saturated heterocycles. The first kappa shape index (κ1) is 10.4. The van der Waals surface area contributed by atoms with Gasteiger partial charge in [0.05, 0.1) is 12.2 Å². The van der Waals surface area contributed by atoms with Crippen LogP contribution in [0.25, 0.3) is 0 Å². The zero-order chi connectivity index (χ0) is 9.97. The monoisotopic (exact) mass is 197 g/mol. The normalized spacial score (nSPS) is 34.7. The minimum atomic E-state index is 0.480. The van der Waals surface area contributed by atoms with E-state index in [1.165, 1.54) is 38.5 Å². The van der Waals surface area contributed by atoms with Crippen LogP contribution in [0.15, 0.2) is 0 Å². The molecule has 1 saturated carbocycles. The number of likely N-dealkylation sites (N-methyl/N-ethyl adjacent to an activating group) is 1. The van der Waals surface area contributed by atoms with Gasteiger partial charge in [-0.2, -0.15) is 0 Å². The SMILES string of the molecule is CNC(CCC1CC1)C1CCC(C)O1. The summed E-state index contributed by atoms with van der Waals surface area (Å²) in [5.74, 6) is 1.05. The van der Waals surface area contributed by atoms with Crippen molar-refractivity contribution in [2.75, 3.05) is 7.05 Å². The number of hydrogen-bond donors (Lipinski definition) is 1. The minimum Gasteiger partial charge on any atom is -0.374 e. The van der Waals surface area contributed by atoms with Crippen LogP contribution >= 0.6 is 0 Å². The Balaban J connectivity index is 1.73. The van der Waals surface area contributed by atoms with E-state index in [9.17, 15) is 0 Å². The van der Waals surface area contributed by atoms with E-state index < -0.39 is 0 Å². The van der Waals surface area contributed by atoms with E-state index in [1.54, 1.807) is 0 Å². The van der Waals surface area contributed by atoms with E-state index in [2.05, 4.69) is 19.3 Å². The van der Waals surface area contributed by atoms with Crippen LogP contribution in [-0.4, -0.2) is 25.3 Å². The molecule has 0 spiro atoms. The van der Waals surface area contributed by atoms with Crippen molar-refractivity contribution in [3.8, 4) is 0 Å². The number of rotatable bonds is 5. The van der Waals surface area contributed by atoms with Crippen molar-refractivity contribution in [3.63, 3.8) is 0 Å². The van der Waals surface area contributed by atoms with Gasteiger partial charge in [-0.25, -0.2) is 0 Å². The lowest BCUT2D eigenvalue weighted by Crippen LogP contribution is -2.37. The van der Waals surface area contributed by atoms with Gasteiger partial charge in [0.2, 0.25) is 0 Å². The molecule has 3 atom stereocenters. The molecule has 0 bridgehead atoms. The summed E-state index contributed by atoms with van der Waals surface area (Å²) in [5.41, 5.74) is 0. The second-order valence-corrected chi connectivity index (χ2v) is 4.98. The molecule has 1 aliphatic heterocycles. The molecular formula is C12H23NO. The fourth-order valence-electron chi connectivity index (χ4n) is 2.47. The second-order valence-electron chi connectivity index (χ2n) is 4.98. The Morgan fingerprint density at radius 1 is 1.29 bits per heavy atom. The van der Waals surface area contributed by atoms with E-state index in [1.807, 2.05) is 0 Å². The Kier molecular flexibility index (Phi) is 3.45. The Morgan fingerprint density at radius 2 is 2.07 bits per heavy atom. The van der Waals surface area contributed by atoms with Crippen LogP contribution in [0.5, 0.6) is 0 Å². The summed E-state index contributed by atoms with van der Waals surface area (Å²) in [4.78, 5) is 0. The third kappa shape index (κ3) is 2.71. The summed E-state index contributed by atoms with van der Waals surface area (Å²) >= 11 is 0. The van der Waals surface area contributed by atoms with Crippen LogP contribution in [-0.2, 0) is 4.74 Å². The molecule has 2 aliphatic rings. The Bertz CT molecular complexity index is 179. The third-order valence-electron chi connectivity index (χ3n) is 3.67. The van der Waals surface area contributed by atoms with E-state index in [0.717, 1.165) is 5.92 Å². The van der Waals surface area contributed by atoms with Gasteiger partial charge in [0.25, 0.3) is 0 Å². The summed E-state index contributed by atoms with van der Waals surface area (Å²) in [6, 6.07) is 0.598. The van der Waals surface area contributed by atoms with Crippen LogP contribution in [0.3, 0.4) is 0 Å². The van der Waals surface area contributed by atoms with Crippen LogP contribution in [0, 0.1) is 5.92 Å².